The monoisotopic (exact) mass is 2090 g/mol. The molecule has 8 aromatic carbocycles. The average Bonchev–Trinajstić information content (AvgIpc) is 1.24. The van der Waals surface area contributed by atoms with Gasteiger partial charge in [0.2, 0.25) is 23.8 Å². The first-order chi connectivity index (χ1) is 64.8. The molecular formula is C82H72Br4N24O24. The van der Waals surface area contributed by atoms with Crippen LogP contribution in [0.5, 0.6) is 23.0 Å². The molecule has 0 amide bonds. The zero-order valence-corrected chi connectivity index (χ0v) is 76.1. The lowest BCUT2D eigenvalue weighted by molar-refractivity contribution is -0.763. The summed E-state index contributed by atoms with van der Waals surface area (Å²) in [6.45, 7) is 6.43. The lowest BCUT2D eigenvalue weighted by Gasteiger charge is -2.27. The minimum Gasteiger partial charge on any atom is -0.412 e. The fraction of sp³-hybridized carbons (Fsp3) is 0.220. The van der Waals surface area contributed by atoms with E-state index in [1.807, 2.05) is 48.5 Å². The molecule has 0 spiro atoms. The van der Waals surface area contributed by atoms with Crippen molar-refractivity contribution in [3.05, 3.63) is 276 Å². The van der Waals surface area contributed by atoms with Gasteiger partial charge in [-0.3, -0.25) is 59.8 Å². The average molecular weight is 2100 g/mol. The van der Waals surface area contributed by atoms with Crippen LogP contribution in [-0.4, -0.2) is 207 Å². The number of benzene rings is 8. The second kappa shape index (κ2) is 46.5. The number of nitrogens with one attached hydrogen (secondary N) is 4. The van der Waals surface area contributed by atoms with Crippen LogP contribution >= 0.6 is 63.7 Å². The number of hydrogen-bond donors (Lipinski definition) is 4. The molecule has 2 atom stereocenters. The van der Waals surface area contributed by atoms with Gasteiger partial charge in [0.15, 0.2) is 25.9 Å². The van der Waals surface area contributed by atoms with E-state index in [2.05, 4.69) is 164 Å². The first kappa shape index (κ1) is 95.6. The van der Waals surface area contributed by atoms with E-state index in [1.165, 1.54) is 42.5 Å². The third-order valence-electron chi connectivity index (χ3n) is 18.8. The first-order valence-electron chi connectivity index (χ1n) is 39.6. The fourth-order valence-electron chi connectivity index (χ4n) is 12.6. The predicted molar refractivity (Wildman–Crippen MR) is 489 cm³/mol. The van der Waals surface area contributed by atoms with Crippen molar-refractivity contribution in [1.82, 2.24) is 59.5 Å². The highest BCUT2D eigenvalue weighted by Gasteiger charge is 2.31. The molecule has 0 aliphatic carbocycles. The number of fused-ring (bicyclic) bond motifs is 4. The van der Waals surface area contributed by atoms with Gasteiger partial charge in [0.25, 0.3) is 20.3 Å². The maximum absolute atomic E-state index is 12.3. The van der Waals surface area contributed by atoms with Gasteiger partial charge in [0.1, 0.15) is 71.5 Å². The van der Waals surface area contributed by atoms with Gasteiger partial charge in [-0.15, -0.1) is 40.5 Å². The van der Waals surface area contributed by atoms with E-state index in [0.717, 1.165) is 62.7 Å². The lowest BCUT2D eigenvalue weighted by atomic mass is 10.2. The van der Waals surface area contributed by atoms with Crippen molar-refractivity contribution in [2.45, 2.75) is 52.7 Å². The molecule has 134 heavy (non-hydrogen) atoms. The van der Waals surface area contributed by atoms with E-state index in [1.54, 1.807) is 138 Å². The molecule has 52 heteroatoms. The summed E-state index contributed by atoms with van der Waals surface area (Å²) in [6.07, 6.45) is 7.91. The summed E-state index contributed by atoms with van der Waals surface area (Å²) in [5, 5.41) is 50.7. The molecule has 0 bridgehead atoms. The molecule has 2 unspecified atom stereocenters. The van der Waals surface area contributed by atoms with Crippen molar-refractivity contribution >= 4 is 179 Å². The van der Waals surface area contributed by atoms with Crippen LogP contribution in [0.25, 0.3) is 44.1 Å². The minimum absolute atomic E-state index is 0.0835. The highest BCUT2D eigenvalue weighted by molar-refractivity contribution is 9.11. The molecule has 48 nitrogen and oxygen atoms in total. The van der Waals surface area contributed by atoms with Crippen LogP contribution in [0.4, 0.5) is 41.9 Å². The summed E-state index contributed by atoms with van der Waals surface area (Å²) in [5.74, 6) is 2.82. The molecule has 12 aromatic rings. The van der Waals surface area contributed by atoms with Gasteiger partial charge in [0, 0.05) is 81.3 Å². The van der Waals surface area contributed by atoms with Crippen molar-refractivity contribution in [2.75, 3.05) is 87.1 Å². The molecule has 4 aromatic heterocycles. The Morgan fingerprint density at radius 3 is 1.10 bits per heavy atom. The Labute approximate surface area is 789 Å². The molecule has 4 aliphatic rings. The van der Waals surface area contributed by atoms with Crippen LogP contribution in [0, 0.1) is 40.5 Å². The largest absolute Gasteiger partial charge is 0.515 e. The van der Waals surface area contributed by atoms with Crippen molar-refractivity contribution in [1.29, 1.82) is 0 Å². The first-order valence-corrected chi connectivity index (χ1v) is 42.7. The van der Waals surface area contributed by atoms with Crippen LogP contribution in [0.15, 0.2) is 233 Å². The third-order valence-corrected chi connectivity index (χ3v) is 22.0. The van der Waals surface area contributed by atoms with Gasteiger partial charge >= 0.3 is 24.6 Å². The number of para-hydroxylation sites is 1. The zero-order valence-electron chi connectivity index (χ0n) is 69.8. The summed E-state index contributed by atoms with van der Waals surface area (Å²) in [7, 11) is 0. The lowest BCUT2D eigenvalue weighted by Crippen LogP contribution is -2.42. The Kier molecular flexibility index (Phi) is 33.2. The molecule has 4 aliphatic heterocycles. The number of guanidine groups is 4. The summed E-state index contributed by atoms with van der Waals surface area (Å²) in [4.78, 5) is 167. The Balaban J connectivity index is 0.000000152. The SMILES string of the molecule is CC(OC(=O)Oc1ccc(CO[N+](=O)[O-])cc1)N1CCN=C1Nc1ccc2nccnc2c1Br.CC(OC(=O)Oc1cccc(CO[N+](=O)[O-])c1)N1CCN=C1Nc1ccc2nccnc2c1Br.O=C(OCN1CCN=C1Nc1ccc2nccnc2c1Br)Oc1cccc(CO[N+](=O)[O-])c1.O=C(OCN1CCN=C1Nc1ccc2nccnc2c1Br)Oc1ccccc1CO[N+](=O)[O-]. The number of hydrogen-bond acceptors (Lipinski definition) is 44. The molecule has 0 saturated heterocycles. The smallest absolute Gasteiger partial charge is 0.412 e. The maximum atomic E-state index is 12.3. The Bertz CT molecular complexity index is 6460. The topological polar surface area (TPSA) is 565 Å². The van der Waals surface area contributed by atoms with Gasteiger partial charge in [-0.05, 0) is 185 Å². The Hall–Kier alpha value is -16.0. The van der Waals surface area contributed by atoms with Crippen molar-refractivity contribution in [3.63, 3.8) is 0 Å². The van der Waals surface area contributed by atoms with Crippen LogP contribution in [0.2, 0.25) is 0 Å². The molecule has 0 radical (unpaired) electrons. The Morgan fingerprint density at radius 1 is 0.366 bits per heavy atom. The van der Waals surface area contributed by atoms with Crippen molar-refractivity contribution < 1.29 is 96.8 Å². The van der Waals surface area contributed by atoms with Crippen molar-refractivity contribution in [3.8, 4) is 23.0 Å². The zero-order chi connectivity index (χ0) is 94.6. The standard InChI is InChI=1S/2C21H19BrN6O6.2C20H17BrN6O6/c1-13(33-21(29)34-15-4-2-14(3-5-15)12-32-28(30)31)27-11-10-25-20(27)26-16-6-7-17-19(18(16)22)24-9-8-23-17;1-13(33-21(29)34-15-4-2-3-14(11-15)12-32-28(30)31)27-10-9-25-20(27)26-16-5-6-17-19(18(16)22)24-8-7-23-17;21-17-15(4-5-16-18(17)23-7-6-22-16)25-19-24-8-9-26(19)12-31-20(28)33-14-3-1-2-13(10-14)11-32-27(29)30;21-17-14(5-6-15-18(17)23-8-7-22-15)25-19-24-9-10-26(19)12-31-20(28)33-16-4-2-1-3-13(16)11-32-27(29)30/h2-9,13H,10-12H2,1H3,(H,25,26);2-8,11,13H,9-10,12H2,1H3,(H,25,26);1-7,10H,8-9,11-12H2,(H,24,25);1-8H,9-12H2,(H,24,25). The number of halogens is 4. The van der Waals surface area contributed by atoms with Gasteiger partial charge in [-0.25, -0.2) is 19.2 Å². The van der Waals surface area contributed by atoms with E-state index in [4.69, 9.17) is 37.9 Å². The van der Waals surface area contributed by atoms with Crippen LogP contribution < -0.4 is 40.2 Å². The second-order valence-corrected chi connectivity index (χ2v) is 30.7. The summed E-state index contributed by atoms with van der Waals surface area (Å²) >= 11 is 14.2. The van der Waals surface area contributed by atoms with Crippen molar-refractivity contribution in [2.24, 2.45) is 20.0 Å². The number of nitrogens with zero attached hydrogens (tertiary/aromatic N) is 20. The van der Waals surface area contributed by atoms with E-state index >= 15 is 0 Å². The maximum Gasteiger partial charge on any atom is 0.515 e. The number of carbonyl (C=O) groups is 4. The quantitative estimate of drug-likeness (QED) is 0.0116. The second-order valence-electron chi connectivity index (χ2n) is 27.6. The normalized spacial score (nSPS) is 13.4. The number of anilines is 4. The van der Waals surface area contributed by atoms with E-state index in [-0.39, 0.29) is 62.9 Å². The van der Waals surface area contributed by atoms with Gasteiger partial charge in [0.05, 0.1) is 88.9 Å². The Morgan fingerprint density at radius 2 is 0.701 bits per heavy atom. The highest BCUT2D eigenvalue weighted by Crippen LogP contribution is 2.35. The molecule has 0 fully saturated rings. The van der Waals surface area contributed by atoms with Crippen LogP contribution in [0.3, 0.4) is 0 Å². The van der Waals surface area contributed by atoms with Crippen LogP contribution in [0.1, 0.15) is 36.1 Å². The van der Waals surface area contributed by atoms with E-state index in [9.17, 15) is 59.6 Å². The summed E-state index contributed by atoms with van der Waals surface area (Å²) < 4.78 is 44.9. The molecule has 692 valence electrons. The molecular weight excluding hydrogens is 2020 g/mol. The third kappa shape index (κ3) is 26.9. The van der Waals surface area contributed by atoms with E-state index in [0.29, 0.717) is 121 Å². The number of aliphatic imine (C=N–C) groups is 4. The fourth-order valence-corrected chi connectivity index (χ4v) is 14.8. The number of carbonyl (C=O) groups excluding carboxylic acids is 4. The number of ether oxygens (including phenoxy) is 8. The highest BCUT2D eigenvalue weighted by atomic mass is 79.9. The van der Waals surface area contributed by atoms with Crippen LogP contribution in [-0.2, 0) is 64.7 Å². The van der Waals surface area contributed by atoms with Gasteiger partial charge < -0.3 is 98.1 Å². The summed E-state index contributed by atoms with van der Waals surface area (Å²) in [6, 6.07) is 39.6. The predicted octanol–water partition coefficient (Wildman–Crippen LogP) is 14.2. The van der Waals surface area contributed by atoms with Gasteiger partial charge in [-0.1, -0.05) is 54.6 Å². The molecule has 0 saturated carbocycles. The molecule has 4 N–H and O–H groups in total. The minimum atomic E-state index is -0.961. The number of aromatic nitrogens is 8. The summed E-state index contributed by atoms with van der Waals surface area (Å²) in [5.41, 5.74) is 10.6. The van der Waals surface area contributed by atoms with E-state index < -0.39 is 57.4 Å². The number of rotatable bonds is 28. The molecule has 16 rings (SSSR count). The van der Waals surface area contributed by atoms with Gasteiger partial charge in [-0.2, -0.15) is 0 Å². The molecule has 8 heterocycles.